The van der Waals surface area contributed by atoms with Gasteiger partial charge in [-0.25, -0.2) is 0 Å². The summed E-state index contributed by atoms with van der Waals surface area (Å²) in [7, 11) is 0. The number of fused-ring (bicyclic) bond motifs is 2. The van der Waals surface area contributed by atoms with Crippen LogP contribution in [0.1, 0.15) is 42.5 Å². The number of anilines is 1. The Morgan fingerprint density at radius 1 is 1.14 bits per heavy atom. The monoisotopic (exact) mass is 324 g/mol. The first-order valence-corrected chi connectivity index (χ1v) is 8.97. The van der Waals surface area contributed by atoms with Gasteiger partial charge in [0.15, 0.2) is 0 Å². The molecule has 1 saturated carbocycles. The molecular weight excluding hydrogens is 308 g/mol. The van der Waals surface area contributed by atoms with Gasteiger partial charge in [0.05, 0.1) is 4.99 Å². The normalized spacial score (nSPS) is 18.8. The van der Waals surface area contributed by atoms with Crippen molar-refractivity contribution in [3.63, 3.8) is 0 Å². The van der Waals surface area contributed by atoms with Crippen LogP contribution in [0.3, 0.4) is 0 Å². The van der Waals surface area contributed by atoms with Gasteiger partial charge in [-0.15, -0.1) is 11.3 Å². The Kier molecular flexibility index (Phi) is 3.28. The Morgan fingerprint density at radius 3 is 2.68 bits per heavy atom. The van der Waals surface area contributed by atoms with Crippen LogP contribution >= 0.6 is 23.6 Å². The molecule has 22 heavy (non-hydrogen) atoms. The summed E-state index contributed by atoms with van der Waals surface area (Å²) in [6, 6.07) is 10.7. The van der Waals surface area contributed by atoms with Crippen LogP contribution in [0.15, 0.2) is 29.6 Å². The number of hydrogen-bond donors (Lipinski definition) is 1. The SMILES string of the molecule is N#Cc1cc(-c2ccc3c(c2)C2(CCCCC2)C(=S)N3)cs1. The van der Waals surface area contributed by atoms with E-state index in [1.54, 1.807) is 0 Å². The number of thiocarbonyl (C=S) groups is 1. The fraction of sp³-hybridized carbons (Fsp3) is 0.333. The molecule has 1 fully saturated rings. The van der Waals surface area contributed by atoms with Crippen molar-refractivity contribution in [3.8, 4) is 17.2 Å². The zero-order chi connectivity index (χ0) is 15.2. The van der Waals surface area contributed by atoms with Gasteiger partial charge in [-0.1, -0.05) is 37.5 Å². The van der Waals surface area contributed by atoms with E-state index >= 15 is 0 Å². The highest BCUT2D eigenvalue weighted by atomic mass is 32.1. The van der Waals surface area contributed by atoms with E-state index in [1.807, 2.05) is 6.07 Å². The van der Waals surface area contributed by atoms with Gasteiger partial charge in [-0.05, 0) is 53.1 Å². The van der Waals surface area contributed by atoms with Crippen LogP contribution in [0.2, 0.25) is 0 Å². The quantitative estimate of drug-likeness (QED) is 0.729. The highest BCUT2D eigenvalue weighted by Gasteiger charge is 2.44. The van der Waals surface area contributed by atoms with Crippen LogP contribution in [-0.2, 0) is 5.41 Å². The number of hydrogen-bond acceptors (Lipinski definition) is 3. The molecule has 1 aromatic heterocycles. The van der Waals surface area contributed by atoms with E-state index in [1.165, 1.54) is 47.4 Å². The van der Waals surface area contributed by atoms with E-state index in [-0.39, 0.29) is 5.41 Å². The molecule has 4 rings (SSSR count). The molecule has 1 aliphatic carbocycles. The predicted octanol–water partition coefficient (Wildman–Crippen LogP) is 5.24. The van der Waals surface area contributed by atoms with Crippen LogP contribution in [-0.4, -0.2) is 4.99 Å². The summed E-state index contributed by atoms with van der Waals surface area (Å²) in [4.78, 5) is 1.76. The molecule has 2 aromatic rings. The maximum absolute atomic E-state index is 9.02. The number of benzene rings is 1. The number of thiophene rings is 1. The minimum atomic E-state index is 0.0486. The Bertz CT molecular complexity index is 792. The molecular formula is C18H16N2S2. The van der Waals surface area contributed by atoms with Crippen LogP contribution in [0.25, 0.3) is 11.1 Å². The van der Waals surface area contributed by atoms with Gasteiger partial charge in [0.1, 0.15) is 10.9 Å². The van der Waals surface area contributed by atoms with Gasteiger partial charge in [-0.2, -0.15) is 5.26 Å². The minimum Gasteiger partial charge on any atom is -0.349 e. The van der Waals surface area contributed by atoms with E-state index in [4.69, 9.17) is 17.5 Å². The molecule has 1 aromatic carbocycles. The molecule has 2 aliphatic rings. The van der Waals surface area contributed by atoms with Gasteiger partial charge >= 0.3 is 0 Å². The second-order valence-electron chi connectivity index (χ2n) is 6.17. The molecule has 0 amide bonds. The van der Waals surface area contributed by atoms with Gasteiger partial charge in [0, 0.05) is 11.1 Å². The lowest BCUT2D eigenvalue weighted by Crippen LogP contribution is -2.35. The third-order valence-corrected chi connectivity index (χ3v) is 6.30. The van der Waals surface area contributed by atoms with Crippen molar-refractivity contribution in [2.45, 2.75) is 37.5 Å². The summed E-state index contributed by atoms with van der Waals surface area (Å²) in [6.07, 6.45) is 6.13. The Hall–Kier alpha value is -1.70. The fourth-order valence-electron chi connectivity index (χ4n) is 3.79. The van der Waals surface area contributed by atoms with E-state index in [0.29, 0.717) is 0 Å². The van der Waals surface area contributed by atoms with Crippen molar-refractivity contribution >= 4 is 34.2 Å². The number of rotatable bonds is 1. The van der Waals surface area contributed by atoms with E-state index in [2.05, 4.69) is 35.0 Å². The zero-order valence-electron chi connectivity index (χ0n) is 12.2. The van der Waals surface area contributed by atoms with Crippen molar-refractivity contribution in [2.75, 3.05) is 5.32 Å². The fourth-order valence-corrected chi connectivity index (χ4v) is 4.92. The first-order chi connectivity index (χ1) is 10.7. The first-order valence-electron chi connectivity index (χ1n) is 7.68. The van der Waals surface area contributed by atoms with Crippen molar-refractivity contribution in [2.24, 2.45) is 0 Å². The molecule has 2 heterocycles. The Labute approximate surface area is 139 Å². The second-order valence-corrected chi connectivity index (χ2v) is 7.49. The lowest BCUT2D eigenvalue weighted by Gasteiger charge is -2.33. The lowest BCUT2D eigenvalue weighted by molar-refractivity contribution is 0.389. The average Bonchev–Trinajstić information content (AvgIpc) is 3.13. The molecule has 0 unspecified atom stereocenters. The summed E-state index contributed by atoms with van der Waals surface area (Å²) in [5.41, 5.74) is 4.90. The first kappa shape index (κ1) is 13.9. The summed E-state index contributed by atoms with van der Waals surface area (Å²) in [5, 5.41) is 14.5. The van der Waals surface area contributed by atoms with Crippen LogP contribution in [0.5, 0.6) is 0 Å². The average molecular weight is 324 g/mol. The van der Waals surface area contributed by atoms with E-state index < -0.39 is 0 Å². The Balaban J connectivity index is 1.81. The van der Waals surface area contributed by atoms with Crippen LogP contribution in [0.4, 0.5) is 5.69 Å². The molecule has 1 N–H and O–H groups in total. The third-order valence-electron chi connectivity index (χ3n) is 4.97. The highest BCUT2D eigenvalue weighted by Crippen LogP contribution is 2.49. The Morgan fingerprint density at radius 2 is 1.95 bits per heavy atom. The summed E-state index contributed by atoms with van der Waals surface area (Å²) in [6.45, 7) is 0. The smallest absolute Gasteiger partial charge is 0.110 e. The maximum atomic E-state index is 9.02. The molecule has 0 atom stereocenters. The third kappa shape index (κ3) is 2.00. The molecule has 1 aliphatic heterocycles. The number of nitriles is 1. The van der Waals surface area contributed by atoms with Gasteiger partial charge < -0.3 is 5.32 Å². The summed E-state index contributed by atoms with van der Waals surface area (Å²) < 4.78 is 0. The van der Waals surface area contributed by atoms with Crippen molar-refractivity contribution in [1.29, 1.82) is 5.26 Å². The van der Waals surface area contributed by atoms with Gasteiger partial charge in [-0.3, -0.25) is 0 Å². The largest absolute Gasteiger partial charge is 0.349 e. The molecule has 1 spiro atoms. The van der Waals surface area contributed by atoms with Crippen LogP contribution < -0.4 is 5.32 Å². The molecule has 0 radical (unpaired) electrons. The molecule has 4 heteroatoms. The van der Waals surface area contributed by atoms with Crippen molar-refractivity contribution < 1.29 is 0 Å². The van der Waals surface area contributed by atoms with Gasteiger partial charge in [0.2, 0.25) is 0 Å². The van der Waals surface area contributed by atoms with E-state index in [0.717, 1.165) is 28.3 Å². The standard InChI is InChI=1S/C18H16N2S2/c19-10-14-8-13(11-22-14)12-4-5-16-15(9-12)18(17(21)20-16)6-2-1-3-7-18/h4-5,8-9,11H,1-3,6-7H2,(H,20,21). The highest BCUT2D eigenvalue weighted by molar-refractivity contribution is 7.80. The molecule has 110 valence electrons. The zero-order valence-corrected chi connectivity index (χ0v) is 13.8. The topological polar surface area (TPSA) is 35.8 Å². The summed E-state index contributed by atoms with van der Waals surface area (Å²) >= 11 is 7.19. The second kappa shape index (κ2) is 5.19. The van der Waals surface area contributed by atoms with Gasteiger partial charge in [0.25, 0.3) is 0 Å². The minimum absolute atomic E-state index is 0.0486. The number of nitrogens with zero attached hydrogens (tertiary/aromatic N) is 1. The molecule has 0 bridgehead atoms. The lowest BCUT2D eigenvalue weighted by atomic mass is 9.70. The molecule has 2 nitrogen and oxygen atoms in total. The van der Waals surface area contributed by atoms with Crippen molar-refractivity contribution in [3.05, 3.63) is 40.1 Å². The van der Waals surface area contributed by atoms with E-state index in [9.17, 15) is 0 Å². The van der Waals surface area contributed by atoms with Crippen LogP contribution in [0, 0.1) is 11.3 Å². The molecule has 0 saturated heterocycles. The maximum Gasteiger partial charge on any atom is 0.110 e. The number of nitrogens with one attached hydrogen (secondary N) is 1. The summed E-state index contributed by atoms with van der Waals surface area (Å²) in [5.74, 6) is 0. The predicted molar refractivity (Wildman–Crippen MR) is 95.5 cm³/mol. The van der Waals surface area contributed by atoms with Crippen molar-refractivity contribution in [1.82, 2.24) is 0 Å².